The van der Waals surface area contributed by atoms with E-state index in [2.05, 4.69) is 50.5 Å². The molecule has 0 saturated carbocycles. The van der Waals surface area contributed by atoms with E-state index >= 15 is 0 Å². The van der Waals surface area contributed by atoms with Gasteiger partial charge in [0.25, 0.3) is 5.91 Å². The Morgan fingerprint density at radius 3 is 2.44 bits per heavy atom. The van der Waals surface area contributed by atoms with Gasteiger partial charge >= 0.3 is 0 Å². The minimum absolute atomic E-state index is 0.0218. The van der Waals surface area contributed by atoms with Crippen LogP contribution in [0.2, 0.25) is 0 Å². The van der Waals surface area contributed by atoms with Crippen LogP contribution in [-0.4, -0.2) is 12.5 Å². The van der Waals surface area contributed by atoms with Gasteiger partial charge in [0.05, 0.1) is 16.2 Å². The Hall–Kier alpha value is -2.58. The molecule has 3 aromatic carbocycles. The summed E-state index contributed by atoms with van der Waals surface area (Å²) >= 11 is 4.45. The second-order valence-electron chi connectivity index (χ2n) is 7.45. The molecule has 34 heavy (non-hydrogen) atoms. The molecule has 0 aliphatic heterocycles. The highest BCUT2D eigenvalue weighted by Gasteiger charge is 2.16. The summed E-state index contributed by atoms with van der Waals surface area (Å²) < 4.78 is 13.9. The van der Waals surface area contributed by atoms with Crippen LogP contribution in [0, 0.1) is 18.5 Å². The zero-order valence-corrected chi connectivity index (χ0v) is 23.2. The number of carbonyl (C=O) groups excluding carboxylic acids is 1. The number of nitrogens with one attached hydrogen (secondary N) is 1. The van der Waals surface area contributed by atoms with Gasteiger partial charge in [0.15, 0.2) is 11.5 Å². The first-order valence-electron chi connectivity index (χ1n) is 10.7. The van der Waals surface area contributed by atoms with Gasteiger partial charge < -0.3 is 14.8 Å². The van der Waals surface area contributed by atoms with Gasteiger partial charge in [-0.1, -0.05) is 42.5 Å². The van der Waals surface area contributed by atoms with E-state index in [0.717, 1.165) is 18.3 Å². The summed E-state index contributed by atoms with van der Waals surface area (Å²) in [6.07, 6.45) is 1.57. The third kappa shape index (κ3) is 7.21. The quantitative estimate of drug-likeness (QED) is 0.156. The third-order valence-corrected chi connectivity index (χ3v) is 6.47. The highest BCUT2D eigenvalue weighted by Crippen LogP contribution is 2.35. The molecule has 1 atom stereocenters. The maximum absolute atomic E-state index is 12.7. The summed E-state index contributed by atoms with van der Waals surface area (Å²) in [5, 5.41) is 12.5. The van der Waals surface area contributed by atoms with Gasteiger partial charge in [-0.25, -0.2) is 0 Å². The molecule has 0 saturated heterocycles. The predicted octanol–water partition coefficient (Wildman–Crippen LogP) is 6.66. The lowest BCUT2D eigenvalue weighted by molar-refractivity contribution is -0.117. The van der Waals surface area contributed by atoms with Crippen LogP contribution >= 0.6 is 45.2 Å². The van der Waals surface area contributed by atoms with Crippen molar-refractivity contribution in [3.05, 3.63) is 96.1 Å². The molecule has 5 nitrogen and oxygen atoms in total. The Kier molecular flexibility index (Phi) is 9.77. The Labute approximate surface area is 227 Å². The van der Waals surface area contributed by atoms with Crippen LogP contribution in [0.5, 0.6) is 11.5 Å². The highest BCUT2D eigenvalue weighted by atomic mass is 127. The first-order chi connectivity index (χ1) is 16.4. The smallest absolute Gasteiger partial charge is 0.262 e. The van der Waals surface area contributed by atoms with E-state index in [-0.39, 0.29) is 11.6 Å². The van der Waals surface area contributed by atoms with Crippen LogP contribution in [-0.2, 0) is 11.4 Å². The molecule has 1 amide bonds. The first-order valence-corrected chi connectivity index (χ1v) is 12.9. The van der Waals surface area contributed by atoms with Crippen molar-refractivity contribution >= 4 is 57.2 Å². The second-order valence-corrected chi connectivity index (χ2v) is 9.86. The lowest BCUT2D eigenvalue weighted by atomic mass is 10.1. The highest BCUT2D eigenvalue weighted by molar-refractivity contribution is 14.1. The Morgan fingerprint density at radius 2 is 1.79 bits per heavy atom. The van der Waals surface area contributed by atoms with Crippen molar-refractivity contribution in [2.24, 2.45) is 0 Å². The standard InChI is InChI=1S/C27H24I2N2O3/c1-3-33-25-15-20(14-24(29)26(25)34-17-19-9-11-23(28)12-10-19)13-22(16-30)27(32)31-18(2)21-7-5-4-6-8-21/h4-15,18H,3,17H2,1-2H3,(H,31,32)/b22-13-/t18-/m1/s1. The number of hydrogen-bond acceptors (Lipinski definition) is 4. The molecular weight excluding hydrogens is 654 g/mol. The first kappa shape index (κ1) is 26.0. The Morgan fingerprint density at radius 1 is 1.09 bits per heavy atom. The molecule has 0 bridgehead atoms. The zero-order valence-electron chi connectivity index (χ0n) is 18.8. The number of benzene rings is 3. The van der Waals surface area contributed by atoms with Gasteiger partial charge in [-0.05, 0) is 106 Å². The topological polar surface area (TPSA) is 71.3 Å². The molecule has 0 aliphatic carbocycles. The van der Waals surface area contributed by atoms with Crippen LogP contribution in [0.3, 0.4) is 0 Å². The molecule has 3 aromatic rings. The molecule has 0 heterocycles. The third-order valence-electron chi connectivity index (χ3n) is 4.95. The normalized spacial score (nSPS) is 11.9. The van der Waals surface area contributed by atoms with Crippen molar-refractivity contribution in [2.75, 3.05) is 6.61 Å². The van der Waals surface area contributed by atoms with Crippen LogP contribution in [0.25, 0.3) is 6.08 Å². The average molecular weight is 678 g/mol. The molecule has 0 fully saturated rings. The molecule has 0 aromatic heterocycles. The van der Waals surface area contributed by atoms with Gasteiger partial charge in [0, 0.05) is 3.57 Å². The fourth-order valence-corrected chi connectivity index (χ4v) is 4.37. The van der Waals surface area contributed by atoms with E-state index in [1.807, 2.05) is 80.6 Å². The van der Waals surface area contributed by atoms with Crippen molar-refractivity contribution in [1.29, 1.82) is 5.26 Å². The molecule has 0 aliphatic rings. The number of ether oxygens (including phenoxy) is 2. The molecule has 3 rings (SSSR count). The van der Waals surface area contributed by atoms with Crippen LogP contribution < -0.4 is 14.8 Å². The minimum atomic E-state index is -0.425. The average Bonchev–Trinajstić information content (AvgIpc) is 2.83. The summed E-state index contributed by atoms with van der Waals surface area (Å²) in [7, 11) is 0. The molecule has 174 valence electrons. The number of carbonyl (C=O) groups is 1. The number of nitriles is 1. The lowest BCUT2D eigenvalue weighted by Gasteiger charge is -2.16. The maximum Gasteiger partial charge on any atom is 0.262 e. The Balaban J connectivity index is 1.81. The molecular formula is C27H24I2N2O3. The van der Waals surface area contributed by atoms with Gasteiger partial charge in [-0.2, -0.15) is 5.26 Å². The number of halogens is 2. The summed E-state index contributed by atoms with van der Waals surface area (Å²) in [6, 6.07) is 23.2. The SMILES string of the molecule is CCOc1cc(/C=C(/C#N)C(=O)N[C@H](C)c2ccccc2)cc(I)c1OCc1ccc(I)cc1. The van der Waals surface area contributed by atoms with E-state index in [9.17, 15) is 10.1 Å². The van der Waals surface area contributed by atoms with Crippen LogP contribution in [0.1, 0.15) is 36.6 Å². The largest absolute Gasteiger partial charge is 0.490 e. The van der Waals surface area contributed by atoms with E-state index < -0.39 is 5.91 Å². The molecule has 0 spiro atoms. The van der Waals surface area contributed by atoms with Crippen LogP contribution in [0.4, 0.5) is 0 Å². The van der Waals surface area contributed by atoms with Crippen molar-refractivity contribution in [3.8, 4) is 17.6 Å². The van der Waals surface area contributed by atoms with Crippen molar-refractivity contribution in [3.63, 3.8) is 0 Å². The molecule has 7 heteroatoms. The number of rotatable bonds is 9. The van der Waals surface area contributed by atoms with Crippen molar-refractivity contribution in [1.82, 2.24) is 5.32 Å². The Bertz CT molecular complexity index is 1200. The van der Waals surface area contributed by atoms with E-state index in [0.29, 0.717) is 30.3 Å². The van der Waals surface area contributed by atoms with Crippen molar-refractivity contribution < 1.29 is 14.3 Å². The van der Waals surface area contributed by atoms with Gasteiger partial charge in [0.2, 0.25) is 0 Å². The number of hydrogen-bond donors (Lipinski definition) is 1. The predicted molar refractivity (Wildman–Crippen MR) is 150 cm³/mol. The molecule has 1 N–H and O–H groups in total. The van der Waals surface area contributed by atoms with E-state index in [4.69, 9.17) is 9.47 Å². The summed E-state index contributed by atoms with van der Waals surface area (Å²) in [5.74, 6) is 0.783. The second kappa shape index (κ2) is 12.8. The zero-order chi connectivity index (χ0) is 24.5. The van der Waals surface area contributed by atoms with Crippen LogP contribution in [0.15, 0.2) is 72.3 Å². The summed E-state index contributed by atoms with van der Waals surface area (Å²) in [4.78, 5) is 12.7. The minimum Gasteiger partial charge on any atom is -0.490 e. The summed E-state index contributed by atoms with van der Waals surface area (Å²) in [6.45, 7) is 4.66. The fraction of sp³-hybridized carbons (Fsp3) is 0.185. The fourth-order valence-electron chi connectivity index (χ4n) is 3.23. The number of nitrogens with zero attached hydrogens (tertiary/aromatic N) is 1. The monoisotopic (exact) mass is 678 g/mol. The van der Waals surface area contributed by atoms with Gasteiger partial charge in [-0.15, -0.1) is 0 Å². The van der Waals surface area contributed by atoms with Gasteiger partial charge in [-0.3, -0.25) is 4.79 Å². The van der Waals surface area contributed by atoms with E-state index in [1.165, 1.54) is 0 Å². The number of amides is 1. The van der Waals surface area contributed by atoms with Gasteiger partial charge in [0.1, 0.15) is 18.2 Å². The molecule has 0 unspecified atom stereocenters. The lowest BCUT2D eigenvalue weighted by Crippen LogP contribution is -2.27. The summed E-state index contributed by atoms with van der Waals surface area (Å²) in [5.41, 5.74) is 2.73. The van der Waals surface area contributed by atoms with E-state index in [1.54, 1.807) is 12.1 Å². The molecule has 0 radical (unpaired) electrons. The van der Waals surface area contributed by atoms with Crippen molar-refractivity contribution in [2.45, 2.75) is 26.5 Å². The maximum atomic E-state index is 12.7.